The van der Waals surface area contributed by atoms with Gasteiger partial charge in [-0.1, -0.05) is 0 Å². The molecule has 0 bridgehead atoms. The van der Waals surface area contributed by atoms with Crippen LogP contribution < -0.4 is 10.6 Å². The molecule has 0 saturated heterocycles. The van der Waals surface area contributed by atoms with Crippen molar-refractivity contribution < 1.29 is 15.3 Å². The van der Waals surface area contributed by atoms with Crippen LogP contribution in [0.3, 0.4) is 0 Å². The molecule has 1 heterocycles. The first-order valence-corrected chi connectivity index (χ1v) is 5.74. The summed E-state index contributed by atoms with van der Waals surface area (Å²) in [6.45, 7) is 0.697. The van der Waals surface area contributed by atoms with E-state index >= 15 is 0 Å². The molecule has 0 unspecified atom stereocenters. The minimum Gasteiger partial charge on any atom is -0.506 e. The van der Waals surface area contributed by atoms with E-state index in [1.54, 1.807) is 17.0 Å². The van der Waals surface area contributed by atoms with Gasteiger partial charge in [-0.25, -0.2) is 0 Å². The second-order valence-corrected chi connectivity index (χ2v) is 4.03. The number of nitrogens with two attached hydrogens (primary N) is 1. The molecule has 0 aliphatic heterocycles. The van der Waals surface area contributed by atoms with Gasteiger partial charge >= 0.3 is 0 Å². The minimum absolute atomic E-state index is 0.0307. The number of hydrogen-bond donors (Lipinski definition) is 5. The number of aliphatic hydroxyl groups excluding tert-OH is 2. The monoisotopic (exact) mass is 251 g/mol. The van der Waals surface area contributed by atoms with Crippen molar-refractivity contribution in [1.29, 1.82) is 0 Å². The normalized spacial score (nSPS) is 11.0. The molecule has 0 amide bonds. The number of rotatable bonds is 5. The fourth-order valence-corrected chi connectivity index (χ4v) is 2.09. The highest BCUT2D eigenvalue weighted by molar-refractivity contribution is 6.03. The Labute approximate surface area is 104 Å². The van der Waals surface area contributed by atoms with Gasteiger partial charge in [0.15, 0.2) is 0 Å². The van der Waals surface area contributed by atoms with Gasteiger partial charge in [-0.05, 0) is 12.1 Å². The van der Waals surface area contributed by atoms with E-state index in [-0.39, 0.29) is 19.0 Å². The molecule has 2 rings (SSSR count). The van der Waals surface area contributed by atoms with Crippen LogP contribution in [-0.2, 0) is 0 Å². The van der Waals surface area contributed by atoms with Crippen molar-refractivity contribution in [1.82, 2.24) is 4.98 Å². The van der Waals surface area contributed by atoms with Gasteiger partial charge in [0.1, 0.15) is 5.75 Å². The molecule has 18 heavy (non-hydrogen) atoms. The van der Waals surface area contributed by atoms with Gasteiger partial charge in [-0.3, -0.25) is 0 Å². The Balaban J connectivity index is 2.54. The summed E-state index contributed by atoms with van der Waals surface area (Å²) in [5.41, 5.74) is 7.77. The first-order chi connectivity index (χ1) is 8.69. The summed E-state index contributed by atoms with van der Waals surface area (Å²) in [5.74, 6) is 0.105. The van der Waals surface area contributed by atoms with Crippen molar-refractivity contribution in [2.24, 2.45) is 0 Å². The van der Waals surface area contributed by atoms with Crippen molar-refractivity contribution in [2.75, 3.05) is 36.9 Å². The molecule has 0 atom stereocenters. The van der Waals surface area contributed by atoms with Crippen molar-refractivity contribution >= 4 is 22.3 Å². The van der Waals surface area contributed by atoms with E-state index in [0.29, 0.717) is 29.7 Å². The van der Waals surface area contributed by atoms with Crippen molar-refractivity contribution in [3.8, 4) is 5.75 Å². The number of nitrogens with one attached hydrogen (secondary N) is 1. The van der Waals surface area contributed by atoms with E-state index in [2.05, 4.69) is 4.98 Å². The lowest BCUT2D eigenvalue weighted by atomic mass is 10.1. The number of aromatic nitrogens is 1. The highest BCUT2D eigenvalue weighted by Gasteiger charge is 2.15. The average Bonchev–Trinajstić information content (AvgIpc) is 2.74. The predicted octanol–water partition coefficient (Wildman–Crippen LogP) is 0.247. The molecule has 0 aliphatic carbocycles. The molecule has 98 valence electrons. The summed E-state index contributed by atoms with van der Waals surface area (Å²) < 4.78 is 0. The molecule has 1 aromatic heterocycles. The number of H-pyrrole nitrogens is 1. The highest BCUT2D eigenvalue weighted by atomic mass is 16.3. The van der Waals surface area contributed by atoms with E-state index < -0.39 is 0 Å². The quantitative estimate of drug-likeness (QED) is 0.490. The van der Waals surface area contributed by atoms with Crippen LogP contribution in [0.1, 0.15) is 0 Å². The Morgan fingerprint density at radius 1 is 1.17 bits per heavy atom. The van der Waals surface area contributed by atoms with Crippen LogP contribution in [0.25, 0.3) is 10.9 Å². The predicted molar refractivity (Wildman–Crippen MR) is 70.8 cm³/mol. The van der Waals surface area contributed by atoms with Gasteiger partial charge in [0.25, 0.3) is 0 Å². The van der Waals surface area contributed by atoms with Gasteiger partial charge in [-0.2, -0.15) is 0 Å². The second kappa shape index (κ2) is 5.16. The summed E-state index contributed by atoms with van der Waals surface area (Å²) >= 11 is 0. The summed E-state index contributed by atoms with van der Waals surface area (Å²) in [6, 6.07) is 3.51. The Morgan fingerprint density at radius 3 is 2.44 bits per heavy atom. The zero-order valence-electron chi connectivity index (χ0n) is 9.93. The van der Waals surface area contributed by atoms with E-state index in [1.165, 1.54) is 6.20 Å². The molecule has 0 saturated carbocycles. The lowest BCUT2D eigenvalue weighted by Gasteiger charge is -2.24. The zero-order valence-corrected chi connectivity index (χ0v) is 9.93. The Bertz CT molecular complexity index is 533. The third-order valence-electron chi connectivity index (χ3n) is 2.91. The first-order valence-electron chi connectivity index (χ1n) is 5.74. The molecule has 0 aliphatic rings. The molecule has 0 spiro atoms. The van der Waals surface area contributed by atoms with Crippen LogP contribution in [0.15, 0.2) is 18.3 Å². The van der Waals surface area contributed by atoms with Crippen LogP contribution in [0.2, 0.25) is 0 Å². The van der Waals surface area contributed by atoms with Crippen LogP contribution >= 0.6 is 0 Å². The van der Waals surface area contributed by atoms with Crippen molar-refractivity contribution in [2.45, 2.75) is 0 Å². The number of benzene rings is 1. The van der Waals surface area contributed by atoms with Crippen LogP contribution in [0, 0.1) is 0 Å². The minimum atomic E-state index is -0.0307. The molecule has 1 aromatic carbocycles. The maximum atomic E-state index is 9.86. The smallest absolute Gasteiger partial charge is 0.143 e. The number of hydrogen-bond acceptors (Lipinski definition) is 5. The van der Waals surface area contributed by atoms with Crippen LogP contribution in [0.5, 0.6) is 5.75 Å². The summed E-state index contributed by atoms with van der Waals surface area (Å²) in [6.07, 6.45) is 1.47. The van der Waals surface area contributed by atoms with Crippen molar-refractivity contribution in [3.05, 3.63) is 18.3 Å². The topological polar surface area (TPSA) is 106 Å². The largest absolute Gasteiger partial charge is 0.506 e. The zero-order chi connectivity index (χ0) is 13.1. The Hall–Kier alpha value is -1.92. The summed E-state index contributed by atoms with van der Waals surface area (Å²) in [4.78, 5) is 4.71. The van der Waals surface area contributed by atoms with Gasteiger partial charge in [0.2, 0.25) is 0 Å². The highest BCUT2D eigenvalue weighted by Crippen LogP contribution is 2.36. The number of nitrogens with zero attached hydrogens (tertiary/aromatic N) is 1. The number of nitrogen functional groups attached to an aromatic ring is 1. The number of fused-ring (bicyclic) bond motifs is 1. The molecular formula is C12H17N3O3. The van der Waals surface area contributed by atoms with E-state index in [9.17, 15) is 5.11 Å². The first kappa shape index (κ1) is 12.5. The standard InChI is InChI=1S/C12H17N3O3/c13-8-1-2-9(15(3-5-16)4-6-17)11-10(18)7-14-12(8)11/h1-2,7,14,16-18H,3-6,13H2. The number of aromatic amines is 1. The van der Waals surface area contributed by atoms with Crippen LogP contribution in [0.4, 0.5) is 11.4 Å². The van der Waals surface area contributed by atoms with Gasteiger partial charge < -0.3 is 30.9 Å². The fraction of sp³-hybridized carbons (Fsp3) is 0.333. The SMILES string of the molecule is Nc1ccc(N(CCO)CCO)c2c(O)c[nH]c12. The maximum absolute atomic E-state index is 9.86. The molecule has 6 nitrogen and oxygen atoms in total. The third kappa shape index (κ3) is 2.07. The molecule has 0 radical (unpaired) electrons. The summed E-state index contributed by atoms with van der Waals surface area (Å²) in [7, 11) is 0. The number of anilines is 2. The molecule has 6 N–H and O–H groups in total. The van der Waals surface area contributed by atoms with E-state index in [0.717, 1.165) is 5.69 Å². The average molecular weight is 251 g/mol. The second-order valence-electron chi connectivity index (χ2n) is 4.03. The summed E-state index contributed by atoms with van der Waals surface area (Å²) in [5, 5.41) is 28.6. The molecule has 6 heteroatoms. The molecular weight excluding hydrogens is 234 g/mol. The third-order valence-corrected chi connectivity index (χ3v) is 2.91. The Kier molecular flexibility index (Phi) is 3.59. The lowest BCUT2D eigenvalue weighted by Crippen LogP contribution is -2.29. The Morgan fingerprint density at radius 2 is 1.83 bits per heavy atom. The fourth-order valence-electron chi connectivity index (χ4n) is 2.09. The van der Waals surface area contributed by atoms with Gasteiger partial charge in [0, 0.05) is 19.3 Å². The van der Waals surface area contributed by atoms with Gasteiger partial charge in [0.05, 0.1) is 35.5 Å². The molecule has 2 aromatic rings. The molecule has 0 fully saturated rings. The maximum Gasteiger partial charge on any atom is 0.143 e. The lowest BCUT2D eigenvalue weighted by molar-refractivity contribution is 0.281. The van der Waals surface area contributed by atoms with Crippen molar-refractivity contribution in [3.63, 3.8) is 0 Å². The van der Waals surface area contributed by atoms with Crippen LogP contribution in [-0.4, -0.2) is 46.6 Å². The van der Waals surface area contributed by atoms with Gasteiger partial charge in [-0.15, -0.1) is 0 Å². The number of aromatic hydroxyl groups is 1. The van der Waals surface area contributed by atoms with E-state index in [1.807, 2.05) is 0 Å². The number of aliphatic hydroxyl groups is 2. The van der Waals surface area contributed by atoms with E-state index in [4.69, 9.17) is 15.9 Å².